The molecule has 2 aromatic heterocycles. The van der Waals surface area contributed by atoms with Crippen molar-refractivity contribution in [1.82, 2.24) is 19.9 Å². The lowest BCUT2D eigenvalue weighted by atomic mass is 9.72. The Bertz CT molecular complexity index is 1500. The van der Waals surface area contributed by atoms with E-state index in [1.807, 2.05) is 65.0 Å². The van der Waals surface area contributed by atoms with Crippen molar-refractivity contribution in [1.29, 1.82) is 0 Å². The number of carbonyl (C=O) groups is 1. The van der Waals surface area contributed by atoms with Crippen molar-refractivity contribution in [3.8, 4) is 28.3 Å². The van der Waals surface area contributed by atoms with E-state index in [1.165, 1.54) is 0 Å². The quantitative estimate of drug-likeness (QED) is 0.221. The van der Waals surface area contributed by atoms with Crippen molar-refractivity contribution in [2.24, 2.45) is 0 Å². The molecule has 3 heterocycles. The number of ether oxygens (including phenoxy) is 1. The molecule has 0 bridgehead atoms. The smallest absolute Gasteiger partial charge is 0.408 e. The van der Waals surface area contributed by atoms with Crippen LogP contribution in [0.25, 0.3) is 28.3 Å². The second-order valence-electron chi connectivity index (χ2n) is 10.6. The molecule has 39 heavy (non-hydrogen) atoms. The average molecular weight is 589 g/mol. The van der Waals surface area contributed by atoms with E-state index in [0.29, 0.717) is 0 Å². The first-order valence-electron chi connectivity index (χ1n) is 13.5. The Morgan fingerprint density at radius 3 is 2.44 bits per heavy atom. The van der Waals surface area contributed by atoms with E-state index in [9.17, 15) is 4.79 Å². The van der Waals surface area contributed by atoms with Gasteiger partial charge in [0.05, 0.1) is 22.6 Å². The lowest BCUT2D eigenvalue weighted by molar-refractivity contribution is 0.0377. The molecule has 2 aliphatic rings. The average Bonchev–Trinajstić information content (AvgIpc) is 3.17. The maximum Gasteiger partial charge on any atom is 0.408 e. The van der Waals surface area contributed by atoms with E-state index >= 15 is 0 Å². The fraction of sp³-hybridized carbons (Fsp3) is 0.323. The Morgan fingerprint density at radius 1 is 1.05 bits per heavy atom. The van der Waals surface area contributed by atoms with Crippen LogP contribution in [0.4, 0.5) is 16.3 Å². The maximum absolute atomic E-state index is 12.6. The van der Waals surface area contributed by atoms with Crippen molar-refractivity contribution in [3.63, 3.8) is 0 Å². The number of pyridine rings is 1. The third kappa shape index (κ3) is 5.05. The molecule has 6 rings (SSSR count). The number of nitrogens with zero attached hydrogens (tertiary/aromatic N) is 3. The molecule has 8 heteroatoms. The third-order valence-electron chi connectivity index (χ3n) is 6.94. The van der Waals surface area contributed by atoms with Gasteiger partial charge >= 0.3 is 6.09 Å². The van der Waals surface area contributed by atoms with Crippen LogP contribution in [-0.2, 0) is 10.3 Å². The van der Waals surface area contributed by atoms with Crippen LogP contribution in [0.5, 0.6) is 0 Å². The van der Waals surface area contributed by atoms with Gasteiger partial charge in [0.2, 0.25) is 0 Å². The fourth-order valence-electron chi connectivity index (χ4n) is 5.11. The number of anilines is 2. The molecule has 2 N–H and O–H groups in total. The third-order valence-corrected chi connectivity index (χ3v) is 7.49. The van der Waals surface area contributed by atoms with Gasteiger partial charge in [0.25, 0.3) is 0 Å². The number of halogens is 1. The van der Waals surface area contributed by atoms with Crippen LogP contribution >= 0.6 is 15.9 Å². The number of hydrogen-bond acceptors (Lipinski definition) is 5. The predicted octanol–water partition coefficient (Wildman–Crippen LogP) is 8.35. The van der Waals surface area contributed by atoms with Gasteiger partial charge in [0.1, 0.15) is 16.0 Å². The van der Waals surface area contributed by atoms with E-state index in [4.69, 9.17) is 9.72 Å². The number of carbonyl (C=O) groups excluding carboxylic acids is 1. The Balaban J connectivity index is 0.00000151. The molecule has 0 saturated heterocycles. The van der Waals surface area contributed by atoms with Gasteiger partial charge in [0.15, 0.2) is 5.82 Å². The first kappa shape index (κ1) is 26.9. The molecule has 1 aliphatic carbocycles. The molecule has 0 unspecified atom stereocenters. The second-order valence-corrected chi connectivity index (χ2v) is 11.3. The molecule has 0 spiro atoms. The van der Waals surface area contributed by atoms with E-state index in [2.05, 4.69) is 66.4 Å². The van der Waals surface area contributed by atoms with Crippen LogP contribution in [0.1, 0.15) is 59.4 Å². The molecular formula is C31H34BrN5O2. The van der Waals surface area contributed by atoms with Crippen molar-refractivity contribution in [2.45, 2.75) is 65.0 Å². The number of amides is 1. The van der Waals surface area contributed by atoms with Gasteiger partial charge in [-0.05, 0) is 85.8 Å². The van der Waals surface area contributed by atoms with Crippen molar-refractivity contribution < 1.29 is 9.53 Å². The topological polar surface area (TPSA) is 81.1 Å². The SMILES string of the molecule is CC.CC(C)(C)OC(=O)NC1(c2ccc(-c3c(Br)nc4n3-c3cccnc3Nc3ccccc3-4)cc2)CCC1. The van der Waals surface area contributed by atoms with Crippen molar-refractivity contribution >= 4 is 33.5 Å². The van der Waals surface area contributed by atoms with Crippen LogP contribution < -0.4 is 10.6 Å². The molecule has 0 radical (unpaired) electrons. The normalized spacial score (nSPS) is 14.6. The van der Waals surface area contributed by atoms with Gasteiger partial charge in [-0.3, -0.25) is 4.57 Å². The van der Waals surface area contributed by atoms with Gasteiger partial charge in [-0.2, -0.15) is 0 Å². The first-order valence-corrected chi connectivity index (χ1v) is 14.3. The summed E-state index contributed by atoms with van der Waals surface area (Å²) in [5, 5.41) is 6.62. The summed E-state index contributed by atoms with van der Waals surface area (Å²) in [6, 6.07) is 20.5. The highest BCUT2D eigenvalue weighted by molar-refractivity contribution is 9.10. The first-order chi connectivity index (χ1) is 18.7. The Labute approximate surface area is 238 Å². The molecular weight excluding hydrogens is 554 g/mol. The predicted molar refractivity (Wildman–Crippen MR) is 159 cm³/mol. The van der Waals surface area contributed by atoms with E-state index in [-0.39, 0.29) is 6.09 Å². The number of alkyl carbamates (subject to hydrolysis) is 1. The number of benzene rings is 2. The highest BCUT2D eigenvalue weighted by Crippen LogP contribution is 2.45. The zero-order chi connectivity index (χ0) is 27.8. The van der Waals surface area contributed by atoms with Crippen LogP contribution in [-0.4, -0.2) is 26.2 Å². The van der Waals surface area contributed by atoms with Crippen molar-refractivity contribution in [3.05, 3.63) is 77.0 Å². The summed E-state index contributed by atoms with van der Waals surface area (Å²) in [4.78, 5) is 22.1. The highest BCUT2D eigenvalue weighted by Gasteiger charge is 2.41. The minimum absolute atomic E-state index is 0.379. The Hall–Kier alpha value is -3.65. The minimum Gasteiger partial charge on any atom is -0.444 e. The molecule has 1 saturated carbocycles. The summed E-state index contributed by atoms with van der Waals surface area (Å²) in [6.45, 7) is 9.63. The molecule has 202 valence electrons. The summed E-state index contributed by atoms with van der Waals surface area (Å²) < 4.78 is 8.45. The monoisotopic (exact) mass is 587 g/mol. The van der Waals surface area contributed by atoms with Crippen LogP contribution in [0.3, 0.4) is 0 Å². The summed E-state index contributed by atoms with van der Waals surface area (Å²) in [5.41, 5.74) is 4.98. The summed E-state index contributed by atoms with van der Waals surface area (Å²) in [6.07, 6.45) is 4.25. The lowest BCUT2D eigenvalue weighted by Gasteiger charge is -2.43. The Morgan fingerprint density at radius 2 is 1.77 bits per heavy atom. The zero-order valence-corrected chi connectivity index (χ0v) is 24.6. The number of rotatable bonds is 3. The van der Waals surface area contributed by atoms with Crippen LogP contribution in [0.15, 0.2) is 71.5 Å². The van der Waals surface area contributed by atoms with Gasteiger partial charge in [-0.1, -0.05) is 50.2 Å². The van der Waals surface area contributed by atoms with Gasteiger partial charge in [-0.15, -0.1) is 0 Å². The number of nitrogens with one attached hydrogen (secondary N) is 2. The number of fused-ring (bicyclic) bond motifs is 5. The largest absolute Gasteiger partial charge is 0.444 e. The van der Waals surface area contributed by atoms with Crippen molar-refractivity contribution in [2.75, 3.05) is 5.32 Å². The maximum atomic E-state index is 12.6. The molecule has 1 aliphatic heterocycles. The molecule has 1 fully saturated rings. The molecule has 7 nitrogen and oxygen atoms in total. The number of hydrogen-bond donors (Lipinski definition) is 2. The van der Waals surface area contributed by atoms with E-state index in [1.54, 1.807) is 6.20 Å². The van der Waals surface area contributed by atoms with Gasteiger partial charge in [0, 0.05) is 17.3 Å². The number of aromatic nitrogens is 3. The van der Waals surface area contributed by atoms with Gasteiger partial charge < -0.3 is 15.4 Å². The summed E-state index contributed by atoms with van der Waals surface area (Å²) in [5.74, 6) is 1.61. The number of imidazole rings is 1. The highest BCUT2D eigenvalue weighted by atomic mass is 79.9. The minimum atomic E-state index is -0.538. The summed E-state index contributed by atoms with van der Waals surface area (Å²) >= 11 is 3.74. The molecule has 1 amide bonds. The zero-order valence-electron chi connectivity index (χ0n) is 23.0. The van der Waals surface area contributed by atoms with E-state index in [0.717, 1.165) is 69.3 Å². The van der Waals surface area contributed by atoms with E-state index < -0.39 is 11.1 Å². The molecule has 4 aromatic rings. The molecule has 2 aromatic carbocycles. The lowest BCUT2D eigenvalue weighted by Crippen LogP contribution is -2.52. The standard InChI is InChI=1S/C29H28BrN5O2.C2H6/c1-28(2,3)37-27(36)34-29(15-7-16-29)19-13-11-18(12-14-19)23-24(30)33-26-20-8-4-5-9-21(20)32-25-22(35(23)26)10-6-17-31-25;1-2/h4-6,8-14,17H,7,15-16H2,1-3H3,(H,31,32)(H,34,36);1-2H3. The summed E-state index contributed by atoms with van der Waals surface area (Å²) in [7, 11) is 0. The van der Waals surface area contributed by atoms with Crippen LogP contribution in [0.2, 0.25) is 0 Å². The van der Waals surface area contributed by atoms with Gasteiger partial charge in [-0.25, -0.2) is 14.8 Å². The molecule has 0 atom stereocenters. The number of para-hydroxylation sites is 1. The second kappa shape index (κ2) is 10.5. The van der Waals surface area contributed by atoms with Crippen LogP contribution in [0, 0.1) is 0 Å². The Kier molecular flexibility index (Phi) is 7.25. The fourth-order valence-corrected chi connectivity index (χ4v) is 5.68.